The largest absolute Gasteiger partial charge is 0.471 e. The topological polar surface area (TPSA) is 96.6 Å². The second-order valence-corrected chi connectivity index (χ2v) is 8.68. The molecule has 152 valence electrons. The van der Waals surface area contributed by atoms with Gasteiger partial charge in [-0.15, -0.1) is 0 Å². The Morgan fingerprint density at radius 3 is 2.39 bits per heavy atom. The summed E-state index contributed by atoms with van der Waals surface area (Å²) in [5.41, 5.74) is 0.263. The number of rotatable bonds is 5. The average molecular weight is 418 g/mol. The normalized spacial score (nSPS) is 16.0. The van der Waals surface area contributed by atoms with Crippen LogP contribution in [-0.4, -0.2) is 66.6 Å². The van der Waals surface area contributed by atoms with Gasteiger partial charge in [-0.2, -0.15) is 18.2 Å². The fourth-order valence-electron chi connectivity index (χ4n) is 2.87. The van der Waals surface area contributed by atoms with E-state index in [9.17, 15) is 26.4 Å². The highest BCUT2D eigenvalue weighted by Crippen LogP contribution is 2.29. The van der Waals surface area contributed by atoms with Crippen molar-refractivity contribution in [2.24, 2.45) is 5.92 Å². The zero-order valence-corrected chi connectivity index (χ0v) is 15.8. The molecule has 1 aliphatic rings. The summed E-state index contributed by atoms with van der Waals surface area (Å²) in [6, 6.07) is 5.23. The monoisotopic (exact) mass is 418 g/mol. The molecule has 1 fully saturated rings. The first-order valence-corrected chi connectivity index (χ1v) is 9.79. The smallest absolute Gasteiger partial charge is 0.329 e. The van der Waals surface area contributed by atoms with E-state index < -0.39 is 28.0 Å². The first-order chi connectivity index (χ1) is 13.0. The average Bonchev–Trinajstić information content (AvgIpc) is 3.09. The molecule has 0 aliphatic carbocycles. The lowest BCUT2D eigenvalue weighted by atomic mass is 10.0. The van der Waals surface area contributed by atoms with Crippen molar-refractivity contribution in [3.63, 3.8) is 0 Å². The van der Waals surface area contributed by atoms with Crippen molar-refractivity contribution in [3.8, 4) is 11.4 Å². The molecule has 0 atom stereocenters. The van der Waals surface area contributed by atoms with Gasteiger partial charge >= 0.3 is 12.1 Å². The van der Waals surface area contributed by atoms with E-state index >= 15 is 0 Å². The molecule has 12 heteroatoms. The van der Waals surface area contributed by atoms with Crippen molar-refractivity contribution in [3.05, 3.63) is 35.7 Å². The summed E-state index contributed by atoms with van der Waals surface area (Å²) in [7, 11) is -0.715. The first-order valence-electron chi connectivity index (χ1n) is 8.18. The molecule has 2 heterocycles. The second-order valence-electron chi connectivity index (χ2n) is 6.64. The van der Waals surface area contributed by atoms with Crippen LogP contribution in [0.1, 0.15) is 16.2 Å². The predicted octanol–water partition coefficient (Wildman–Crippen LogP) is 1.72. The number of carbonyl (C=O) groups is 1. The summed E-state index contributed by atoms with van der Waals surface area (Å²) in [5, 5.41) is 3.26. The van der Waals surface area contributed by atoms with Crippen LogP contribution in [0.2, 0.25) is 0 Å². The molecule has 8 nitrogen and oxygen atoms in total. The summed E-state index contributed by atoms with van der Waals surface area (Å²) in [6.45, 7) is 1.31. The highest BCUT2D eigenvalue weighted by atomic mass is 32.2. The SMILES string of the molecule is CN1CC(CS(=O)(=O)N(C)C(=O)c2ccc(-c3noc(C(F)(F)F)n3)cc2)C1. The molecule has 0 radical (unpaired) electrons. The van der Waals surface area contributed by atoms with Gasteiger partial charge in [0.05, 0.1) is 5.75 Å². The number of carbonyl (C=O) groups excluding carboxylic acids is 1. The van der Waals surface area contributed by atoms with E-state index in [-0.39, 0.29) is 28.6 Å². The summed E-state index contributed by atoms with van der Waals surface area (Å²) in [5.74, 6) is -2.64. The summed E-state index contributed by atoms with van der Waals surface area (Å²) < 4.78 is 67.2. The Morgan fingerprint density at radius 2 is 1.89 bits per heavy atom. The highest BCUT2D eigenvalue weighted by molar-refractivity contribution is 7.89. The number of benzene rings is 1. The molecular formula is C16H17F3N4O4S. The van der Waals surface area contributed by atoms with Gasteiger partial charge in [0.25, 0.3) is 5.91 Å². The zero-order chi connectivity index (χ0) is 20.7. The fraction of sp³-hybridized carbons (Fsp3) is 0.438. The fourth-order valence-corrected chi connectivity index (χ4v) is 4.26. The van der Waals surface area contributed by atoms with Crippen molar-refractivity contribution < 1.29 is 30.9 Å². The predicted molar refractivity (Wildman–Crippen MR) is 91.6 cm³/mol. The molecular weight excluding hydrogens is 401 g/mol. The lowest BCUT2D eigenvalue weighted by molar-refractivity contribution is -0.159. The third kappa shape index (κ3) is 4.17. The van der Waals surface area contributed by atoms with Gasteiger partial charge in [-0.05, 0) is 25.1 Å². The number of aromatic nitrogens is 2. The third-order valence-electron chi connectivity index (χ3n) is 4.35. The molecule has 3 rings (SSSR count). The molecule has 28 heavy (non-hydrogen) atoms. The Labute approximate surface area is 159 Å². The number of hydrogen-bond acceptors (Lipinski definition) is 7. The number of nitrogens with zero attached hydrogens (tertiary/aromatic N) is 4. The minimum atomic E-state index is -4.76. The molecule has 0 N–H and O–H groups in total. The number of halogens is 3. The standard InChI is InChI=1S/C16H17F3N4O4S/c1-22-7-10(8-22)9-28(25,26)23(2)14(24)12-5-3-11(4-6-12)13-20-15(27-21-13)16(17,18)19/h3-6,10H,7-9H2,1-2H3. The number of hydrogen-bond donors (Lipinski definition) is 0. The Hall–Kier alpha value is -2.47. The highest BCUT2D eigenvalue weighted by Gasteiger charge is 2.38. The molecule has 1 aromatic carbocycles. The van der Waals surface area contributed by atoms with Gasteiger partial charge in [0.15, 0.2) is 0 Å². The summed E-state index contributed by atoms with van der Waals surface area (Å²) >= 11 is 0. The molecule has 0 saturated carbocycles. The maximum Gasteiger partial charge on any atom is 0.471 e. The quantitative estimate of drug-likeness (QED) is 0.729. The van der Waals surface area contributed by atoms with Crippen LogP contribution in [-0.2, 0) is 16.2 Å². The van der Waals surface area contributed by atoms with Gasteiger partial charge in [-0.3, -0.25) is 4.79 Å². The summed E-state index contributed by atoms with van der Waals surface area (Å²) in [4.78, 5) is 17.7. The zero-order valence-electron chi connectivity index (χ0n) is 15.0. The van der Waals surface area contributed by atoms with Crippen LogP contribution >= 0.6 is 0 Å². The van der Waals surface area contributed by atoms with Crippen LogP contribution in [0.5, 0.6) is 0 Å². The molecule has 1 amide bonds. The maximum absolute atomic E-state index is 12.5. The molecule has 2 aromatic rings. The Kier molecular flexibility index (Phi) is 5.19. The summed E-state index contributed by atoms with van der Waals surface area (Å²) in [6.07, 6.45) is -4.76. The van der Waals surface area contributed by atoms with Crippen molar-refractivity contribution >= 4 is 15.9 Å². The van der Waals surface area contributed by atoms with E-state index in [1.54, 1.807) is 0 Å². The number of amides is 1. The van der Waals surface area contributed by atoms with Crippen molar-refractivity contribution in [1.29, 1.82) is 0 Å². The van der Waals surface area contributed by atoms with Crippen LogP contribution in [0, 0.1) is 5.92 Å². The van der Waals surface area contributed by atoms with Crippen molar-refractivity contribution in [1.82, 2.24) is 19.3 Å². The maximum atomic E-state index is 12.5. The lowest BCUT2D eigenvalue weighted by Crippen LogP contribution is -2.49. The number of alkyl halides is 3. The van der Waals surface area contributed by atoms with E-state index in [1.165, 1.54) is 31.3 Å². The van der Waals surface area contributed by atoms with Gasteiger partial charge in [0, 0.05) is 31.3 Å². The van der Waals surface area contributed by atoms with E-state index in [0.717, 1.165) is 0 Å². The minimum absolute atomic E-state index is 0.0197. The van der Waals surface area contributed by atoms with Gasteiger partial charge in [0.2, 0.25) is 15.8 Å². The molecule has 1 saturated heterocycles. The van der Waals surface area contributed by atoms with E-state index in [0.29, 0.717) is 17.4 Å². The lowest BCUT2D eigenvalue weighted by Gasteiger charge is -2.36. The molecule has 1 aromatic heterocycles. The Morgan fingerprint density at radius 1 is 1.29 bits per heavy atom. The molecule has 0 spiro atoms. The molecule has 0 bridgehead atoms. The van der Waals surface area contributed by atoms with E-state index in [4.69, 9.17) is 0 Å². The number of likely N-dealkylation sites (tertiary alicyclic amines) is 1. The van der Waals surface area contributed by atoms with Crippen LogP contribution in [0.3, 0.4) is 0 Å². The van der Waals surface area contributed by atoms with E-state index in [1.807, 2.05) is 11.9 Å². The van der Waals surface area contributed by atoms with Crippen LogP contribution < -0.4 is 0 Å². The van der Waals surface area contributed by atoms with E-state index in [2.05, 4.69) is 14.7 Å². The number of sulfonamides is 1. The van der Waals surface area contributed by atoms with Gasteiger partial charge < -0.3 is 9.42 Å². The Balaban J connectivity index is 1.72. The van der Waals surface area contributed by atoms with Gasteiger partial charge in [-0.25, -0.2) is 12.7 Å². The first kappa shape index (κ1) is 20.3. The molecule has 1 aliphatic heterocycles. The van der Waals surface area contributed by atoms with Gasteiger partial charge in [-0.1, -0.05) is 17.3 Å². The van der Waals surface area contributed by atoms with Crippen LogP contribution in [0.25, 0.3) is 11.4 Å². The Bertz CT molecular complexity index is 967. The molecule has 0 unspecified atom stereocenters. The third-order valence-corrected chi connectivity index (χ3v) is 6.24. The van der Waals surface area contributed by atoms with Crippen molar-refractivity contribution in [2.45, 2.75) is 6.18 Å². The second kappa shape index (κ2) is 7.17. The van der Waals surface area contributed by atoms with Gasteiger partial charge in [0.1, 0.15) is 0 Å². The van der Waals surface area contributed by atoms with Crippen LogP contribution in [0.15, 0.2) is 28.8 Å². The van der Waals surface area contributed by atoms with Crippen molar-refractivity contribution in [2.75, 3.05) is 32.9 Å². The van der Waals surface area contributed by atoms with Crippen LogP contribution in [0.4, 0.5) is 13.2 Å². The minimum Gasteiger partial charge on any atom is -0.329 e.